The monoisotopic (exact) mass is 539 g/mol. The molecule has 4 aromatic rings. The van der Waals surface area contributed by atoms with Crippen molar-refractivity contribution in [2.45, 2.75) is 26.4 Å². The van der Waals surface area contributed by atoms with Crippen molar-refractivity contribution in [2.75, 3.05) is 47.1 Å². The minimum absolute atomic E-state index is 0.145. The highest BCUT2D eigenvalue weighted by Gasteiger charge is 2.25. The third-order valence-electron chi connectivity index (χ3n) is 6.96. The lowest BCUT2D eigenvalue weighted by atomic mass is 10.0. The number of fused-ring (bicyclic) bond motifs is 1. The van der Waals surface area contributed by atoms with E-state index >= 15 is 8.78 Å². The van der Waals surface area contributed by atoms with Crippen molar-refractivity contribution >= 4 is 10.9 Å². The first-order valence-corrected chi connectivity index (χ1v) is 12.8. The van der Waals surface area contributed by atoms with Gasteiger partial charge in [-0.25, -0.2) is 8.78 Å². The lowest BCUT2D eigenvalue weighted by molar-refractivity contribution is 0.0360. The molecular formula is C28H31F2N5O4. The summed E-state index contributed by atoms with van der Waals surface area (Å²) in [6.07, 6.45) is 5.27. The number of morpholine rings is 1. The largest absolute Gasteiger partial charge is 0.494 e. The van der Waals surface area contributed by atoms with Crippen LogP contribution in [0.25, 0.3) is 33.3 Å². The highest BCUT2D eigenvalue weighted by Crippen LogP contribution is 2.37. The minimum atomic E-state index is -0.975. The van der Waals surface area contributed by atoms with E-state index in [1.54, 1.807) is 12.4 Å². The molecule has 1 fully saturated rings. The van der Waals surface area contributed by atoms with Crippen LogP contribution in [0.3, 0.4) is 0 Å². The summed E-state index contributed by atoms with van der Waals surface area (Å²) in [5, 5.41) is 5.04. The molecule has 1 aliphatic heterocycles. The van der Waals surface area contributed by atoms with Gasteiger partial charge in [0.2, 0.25) is 0 Å². The van der Waals surface area contributed by atoms with Crippen LogP contribution in [0.15, 0.2) is 41.6 Å². The summed E-state index contributed by atoms with van der Waals surface area (Å²) < 4.78 is 49.6. The van der Waals surface area contributed by atoms with Crippen molar-refractivity contribution in [1.82, 2.24) is 24.2 Å². The van der Waals surface area contributed by atoms with Gasteiger partial charge in [0.25, 0.3) is 5.56 Å². The van der Waals surface area contributed by atoms with Gasteiger partial charge in [0.05, 0.1) is 62.5 Å². The van der Waals surface area contributed by atoms with Gasteiger partial charge in [-0.2, -0.15) is 5.10 Å². The average Bonchev–Trinajstić information content (AvgIpc) is 3.41. The van der Waals surface area contributed by atoms with Gasteiger partial charge in [-0.15, -0.1) is 0 Å². The first-order valence-electron chi connectivity index (χ1n) is 12.8. The van der Waals surface area contributed by atoms with E-state index in [0.717, 1.165) is 51.0 Å². The fourth-order valence-electron chi connectivity index (χ4n) is 4.89. The molecule has 0 radical (unpaired) electrons. The zero-order chi connectivity index (χ0) is 27.7. The molecule has 0 amide bonds. The Morgan fingerprint density at radius 2 is 1.69 bits per heavy atom. The Bertz CT molecular complexity index is 1530. The van der Waals surface area contributed by atoms with Crippen LogP contribution in [0.4, 0.5) is 8.78 Å². The molecule has 0 N–H and O–H groups in total. The Kier molecular flexibility index (Phi) is 7.62. The van der Waals surface area contributed by atoms with Crippen molar-refractivity contribution in [3.05, 3.63) is 58.8 Å². The molecule has 0 aliphatic carbocycles. The van der Waals surface area contributed by atoms with Gasteiger partial charge in [-0.1, -0.05) is 0 Å². The molecule has 1 aromatic carbocycles. The van der Waals surface area contributed by atoms with Gasteiger partial charge >= 0.3 is 0 Å². The maximum Gasteiger partial charge on any atom is 0.259 e. The molecule has 1 saturated heterocycles. The van der Waals surface area contributed by atoms with Crippen LogP contribution in [0.1, 0.15) is 19.9 Å². The highest BCUT2D eigenvalue weighted by atomic mass is 19.1. The standard InChI is InChI=1S/C28H31F2N5O4/c1-17(2)35-22-12-21(19-15-32-34(16-19)6-5-33-7-9-39-10-8-33)31-14-18(22)11-20(28(35)36)25-26(29)23(37-3)13-24(38-4)27(25)30/h11-17H,5-10H2,1-4H3. The quantitative estimate of drug-likeness (QED) is 0.333. The molecule has 0 saturated carbocycles. The van der Waals surface area contributed by atoms with Gasteiger partial charge in [0, 0.05) is 55.1 Å². The maximum absolute atomic E-state index is 15.3. The predicted octanol–water partition coefficient (Wildman–Crippen LogP) is 4.14. The molecule has 5 rings (SSSR count). The van der Waals surface area contributed by atoms with Crippen molar-refractivity contribution in [1.29, 1.82) is 0 Å². The molecule has 0 atom stereocenters. The summed E-state index contributed by atoms with van der Waals surface area (Å²) in [6.45, 7) is 8.59. The molecule has 11 heteroatoms. The third-order valence-corrected chi connectivity index (χ3v) is 6.96. The van der Waals surface area contributed by atoms with Crippen LogP contribution in [0.2, 0.25) is 0 Å². The number of ether oxygens (including phenoxy) is 3. The average molecular weight is 540 g/mol. The topological polar surface area (TPSA) is 83.6 Å². The molecule has 1 aliphatic rings. The zero-order valence-electron chi connectivity index (χ0n) is 22.4. The van der Waals surface area contributed by atoms with Gasteiger partial charge in [-0.05, 0) is 26.0 Å². The van der Waals surface area contributed by atoms with Gasteiger partial charge in [0.1, 0.15) is 0 Å². The summed E-state index contributed by atoms with van der Waals surface area (Å²) in [6, 6.07) is 4.08. The molecule has 0 unspecified atom stereocenters. The van der Waals surface area contributed by atoms with Crippen LogP contribution in [0.5, 0.6) is 11.5 Å². The molecule has 0 bridgehead atoms. The lowest BCUT2D eigenvalue weighted by Gasteiger charge is -2.26. The second-order valence-corrected chi connectivity index (χ2v) is 9.69. The SMILES string of the molecule is COc1cc(OC)c(F)c(-c2cc3cnc(-c4cnn(CCN5CCOCC5)c4)cc3n(C(C)C)c2=O)c1F. The highest BCUT2D eigenvalue weighted by molar-refractivity contribution is 5.87. The number of nitrogens with zero attached hydrogens (tertiary/aromatic N) is 5. The van der Waals surface area contributed by atoms with E-state index in [-0.39, 0.29) is 23.1 Å². The Balaban J connectivity index is 1.56. The second-order valence-electron chi connectivity index (χ2n) is 9.69. The number of hydrogen-bond acceptors (Lipinski definition) is 7. The van der Waals surface area contributed by atoms with E-state index in [1.807, 2.05) is 30.8 Å². The second kappa shape index (κ2) is 11.1. The Morgan fingerprint density at radius 3 is 2.33 bits per heavy atom. The Labute approximate surface area is 224 Å². The van der Waals surface area contributed by atoms with E-state index in [9.17, 15) is 4.79 Å². The van der Waals surface area contributed by atoms with E-state index < -0.39 is 22.8 Å². The van der Waals surface area contributed by atoms with E-state index in [4.69, 9.17) is 14.2 Å². The Morgan fingerprint density at radius 1 is 1.00 bits per heavy atom. The van der Waals surface area contributed by atoms with Crippen LogP contribution < -0.4 is 15.0 Å². The lowest BCUT2D eigenvalue weighted by Crippen LogP contribution is -2.38. The van der Waals surface area contributed by atoms with Crippen molar-refractivity contribution in [3.8, 4) is 33.9 Å². The molecule has 4 heterocycles. The molecule has 3 aromatic heterocycles. The van der Waals surface area contributed by atoms with Crippen molar-refractivity contribution in [3.63, 3.8) is 0 Å². The number of halogens is 2. The predicted molar refractivity (Wildman–Crippen MR) is 143 cm³/mol. The summed E-state index contributed by atoms with van der Waals surface area (Å²) in [5.41, 5.74) is 0.860. The molecule has 0 spiro atoms. The van der Waals surface area contributed by atoms with Gasteiger partial charge in [-0.3, -0.25) is 19.4 Å². The van der Waals surface area contributed by atoms with E-state index in [0.29, 0.717) is 16.6 Å². The number of benzene rings is 1. The number of rotatable bonds is 8. The first-order chi connectivity index (χ1) is 18.8. The summed E-state index contributed by atoms with van der Waals surface area (Å²) in [4.78, 5) is 20.6. The summed E-state index contributed by atoms with van der Waals surface area (Å²) >= 11 is 0. The molecule has 9 nitrogen and oxygen atoms in total. The molecular weight excluding hydrogens is 508 g/mol. The Hall–Kier alpha value is -3.83. The maximum atomic E-state index is 15.3. The van der Waals surface area contributed by atoms with Crippen molar-refractivity contribution < 1.29 is 23.0 Å². The first kappa shape index (κ1) is 26.8. The van der Waals surface area contributed by atoms with Crippen molar-refractivity contribution in [2.24, 2.45) is 0 Å². The van der Waals surface area contributed by atoms with Gasteiger partial charge in [0.15, 0.2) is 23.1 Å². The fraction of sp³-hybridized carbons (Fsp3) is 0.393. The molecule has 206 valence electrons. The van der Waals surface area contributed by atoms with Crippen LogP contribution >= 0.6 is 0 Å². The van der Waals surface area contributed by atoms with Crippen LogP contribution in [-0.2, 0) is 11.3 Å². The zero-order valence-corrected chi connectivity index (χ0v) is 22.4. The molecule has 39 heavy (non-hydrogen) atoms. The van der Waals surface area contributed by atoms with Gasteiger partial charge < -0.3 is 18.8 Å². The summed E-state index contributed by atoms with van der Waals surface area (Å²) in [7, 11) is 2.53. The van der Waals surface area contributed by atoms with Crippen LogP contribution in [0, 0.1) is 11.6 Å². The number of methoxy groups -OCH3 is 2. The normalized spacial score (nSPS) is 14.3. The van der Waals surface area contributed by atoms with E-state index in [1.165, 1.54) is 24.9 Å². The van der Waals surface area contributed by atoms with E-state index in [2.05, 4.69) is 15.0 Å². The number of aromatic nitrogens is 4. The third kappa shape index (κ3) is 5.11. The number of hydrogen-bond donors (Lipinski definition) is 0. The number of pyridine rings is 2. The minimum Gasteiger partial charge on any atom is -0.494 e. The smallest absolute Gasteiger partial charge is 0.259 e. The van der Waals surface area contributed by atoms with Crippen LogP contribution in [-0.4, -0.2) is 71.3 Å². The fourth-order valence-corrected chi connectivity index (χ4v) is 4.89. The summed E-state index contributed by atoms with van der Waals surface area (Å²) in [5.74, 6) is -2.40.